The number of anilines is 1. The van der Waals surface area contributed by atoms with Gasteiger partial charge in [0.2, 0.25) is 15.9 Å². The molecule has 162 valence electrons. The SMILES string of the molecule is C[C@@H]1CCCCN1S(=O)(=O)c1ccc(C(=O)Nc2nnc(-c3ccc(Br)cc3)o2)cc1. The second-order valence-corrected chi connectivity index (χ2v) is 10.2. The quantitative estimate of drug-likeness (QED) is 0.554. The number of carbonyl (C=O) groups is 1. The lowest BCUT2D eigenvalue weighted by atomic mass is 10.1. The van der Waals surface area contributed by atoms with E-state index in [9.17, 15) is 13.2 Å². The van der Waals surface area contributed by atoms with Crippen molar-refractivity contribution in [1.29, 1.82) is 0 Å². The summed E-state index contributed by atoms with van der Waals surface area (Å²) in [5.41, 5.74) is 1.01. The lowest BCUT2D eigenvalue weighted by Crippen LogP contribution is -2.41. The molecule has 1 aliphatic heterocycles. The number of benzene rings is 2. The van der Waals surface area contributed by atoms with E-state index in [0.717, 1.165) is 29.3 Å². The van der Waals surface area contributed by atoms with Crippen LogP contribution >= 0.6 is 15.9 Å². The highest BCUT2D eigenvalue weighted by atomic mass is 79.9. The summed E-state index contributed by atoms with van der Waals surface area (Å²) in [6.07, 6.45) is 2.74. The van der Waals surface area contributed by atoms with Crippen LogP contribution in [-0.2, 0) is 10.0 Å². The Morgan fingerprint density at radius 2 is 1.81 bits per heavy atom. The van der Waals surface area contributed by atoms with Gasteiger partial charge in [-0.3, -0.25) is 10.1 Å². The van der Waals surface area contributed by atoms with Gasteiger partial charge < -0.3 is 4.42 Å². The molecule has 2 aromatic carbocycles. The van der Waals surface area contributed by atoms with Crippen LogP contribution in [0, 0.1) is 0 Å². The van der Waals surface area contributed by atoms with Gasteiger partial charge in [0.25, 0.3) is 5.91 Å². The molecule has 2 heterocycles. The minimum atomic E-state index is -3.59. The maximum atomic E-state index is 12.9. The molecule has 3 aromatic rings. The Labute approximate surface area is 188 Å². The molecule has 1 atom stereocenters. The van der Waals surface area contributed by atoms with Crippen LogP contribution in [0.3, 0.4) is 0 Å². The van der Waals surface area contributed by atoms with Gasteiger partial charge in [-0.1, -0.05) is 27.4 Å². The maximum absolute atomic E-state index is 12.9. The van der Waals surface area contributed by atoms with Crippen molar-refractivity contribution in [2.24, 2.45) is 0 Å². The first-order valence-corrected chi connectivity index (χ1v) is 12.1. The van der Waals surface area contributed by atoms with E-state index in [0.29, 0.717) is 6.54 Å². The largest absolute Gasteiger partial charge is 0.403 e. The fraction of sp³-hybridized carbons (Fsp3) is 0.286. The molecule has 0 radical (unpaired) electrons. The fourth-order valence-electron chi connectivity index (χ4n) is 3.49. The number of sulfonamides is 1. The topological polar surface area (TPSA) is 105 Å². The zero-order chi connectivity index (χ0) is 22.0. The Morgan fingerprint density at radius 1 is 1.10 bits per heavy atom. The Morgan fingerprint density at radius 3 is 2.48 bits per heavy atom. The van der Waals surface area contributed by atoms with Crippen LogP contribution in [-0.4, -0.2) is 41.4 Å². The van der Waals surface area contributed by atoms with E-state index < -0.39 is 15.9 Å². The molecule has 1 fully saturated rings. The molecule has 10 heteroatoms. The van der Waals surface area contributed by atoms with Gasteiger partial charge in [0, 0.05) is 28.2 Å². The lowest BCUT2D eigenvalue weighted by Gasteiger charge is -2.32. The number of aromatic nitrogens is 2. The predicted molar refractivity (Wildman–Crippen MR) is 119 cm³/mol. The standard InChI is InChI=1S/C21H21BrN4O4S/c1-14-4-2-3-13-26(14)31(28,29)18-11-7-15(8-12-18)19(27)23-21-25-24-20(30-21)16-5-9-17(22)10-6-16/h5-12,14H,2-4,13H2,1H3,(H,23,25,27)/t14-/m1/s1. The third-order valence-electron chi connectivity index (χ3n) is 5.20. The molecule has 8 nitrogen and oxygen atoms in total. The summed E-state index contributed by atoms with van der Waals surface area (Å²) in [6, 6.07) is 13.1. The number of nitrogens with zero attached hydrogens (tertiary/aromatic N) is 3. The zero-order valence-corrected chi connectivity index (χ0v) is 19.2. The number of halogens is 1. The van der Waals surface area contributed by atoms with Gasteiger partial charge in [-0.15, -0.1) is 5.10 Å². The van der Waals surface area contributed by atoms with Crippen LogP contribution in [0.2, 0.25) is 0 Å². The summed E-state index contributed by atoms with van der Waals surface area (Å²) < 4.78 is 33.8. The number of nitrogens with one attached hydrogen (secondary N) is 1. The second-order valence-electron chi connectivity index (χ2n) is 7.36. The summed E-state index contributed by atoms with van der Waals surface area (Å²) in [4.78, 5) is 12.7. The fourth-order valence-corrected chi connectivity index (χ4v) is 5.46. The van der Waals surface area contributed by atoms with Gasteiger partial charge in [-0.2, -0.15) is 4.31 Å². The van der Waals surface area contributed by atoms with Crippen LogP contribution in [0.5, 0.6) is 0 Å². The highest BCUT2D eigenvalue weighted by Gasteiger charge is 2.31. The Bertz CT molecular complexity index is 1180. The van der Waals surface area contributed by atoms with Gasteiger partial charge in [0.05, 0.1) is 4.90 Å². The summed E-state index contributed by atoms with van der Waals surface area (Å²) >= 11 is 3.36. The molecule has 1 aromatic heterocycles. The number of piperidine rings is 1. The molecule has 1 aliphatic rings. The van der Waals surface area contributed by atoms with Gasteiger partial charge in [-0.05, 0) is 68.3 Å². The monoisotopic (exact) mass is 504 g/mol. The van der Waals surface area contributed by atoms with Crippen molar-refractivity contribution in [3.8, 4) is 11.5 Å². The summed E-state index contributed by atoms with van der Waals surface area (Å²) in [5.74, 6) is -0.193. The predicted octanol–water partition coefficient (Wildman–Crippen LogP) is 4.31. The number of hydrogen-bond acceptors (Lipinski definition) is 6. The van der Waals surface area contributed by atoms with Crippen molar-refractivity contribution in [1.82, 2.24) is 14.5 Å². The molecule has 1 saturated heterocycles. The van der Waals surface area contributed by atoms with Gasteiger partial charge in [0.1, 0.15) is 0 Å². The van der Waals surface area contributed by atoms with Crippen LogP contribution in [0.15, 0.2) is 62.3 Å². The summed E-state index contributed by atoms with van der Waals surface area (Å²) in [5, 5.41) is 10.3. The van der Waals surface area contributed by atoms with E-state index in [-0.39, 0.29) is 28.4 Å². The third-order valence-corrected chi connectivity index (χ3v) is 7.76. The van der Waals surface area contributed by atoms with E-state index in [4.69, 9.17) is 4.42 Å². The normalized spacial score (nSPS) is 17.4. The van der Waals surface area contributed by atoms with Crippen molar-refractivity contribution in [2.75, 3.05) is 11.9 Å². The van der Waals surface area contributed by atoms with Crippen molar-refractivity contribution >= 4 is 37.9 Å². The minimum absolute atomic E-state index is 0.0285. The van der Waals surface area contributed by atoms with Crippen LogP contribution in [0.1, 0.15) is 36.5 Å². The molecule has 31 heavy (non-hydrogen) atoms. The number of carbonyl (C=O) groups excluding carboxylic acids is 1. The van der Waals surface area contributed by atoms with Crippen LogP contribution in [0.25, 0.3) is 11.5 Å². The van der Waals surface area contributed by atoms with Gasteiger partial charge in [-0.25, -0.2) is 8.42 Å². The van der Waals surface area contributed by atoms with Crippen molar-refractivity contribution in [3.63, 3.8) is 0 Å². The van der Waals surface area contributed by atoms with E-state index >= 15 is 0 Å². The third kappa shape index (κ3) is 4.70. The van der Waals surface area contributed by atoms with Crippen LogP contribution < -0.4 is 5.32 Å². The van der Waals surface area contributed by atoms with E-state index in [1.165, 1.54) is 28.6 Å². The van der Waals surface area contributed by atoms with E-state index in [1.807, 2.05) is 31.2 Å². The van der Waals surface area contributed by atoms with Gasteiger partial charge >= 0.3 is 6.01 Å². The first kappa shape index (κ1) is 21.7. The molecular formula is C21H21BrN4O4S. The first-order valence-electron chi connectivity index (χ1n) is 9.87. The van der Waals surface area contributed by atoms with Crippen LogP contribution in [0.4, 0.5) is 6.01 Å². The smallest absolute Gasteiger partial charge is 0.322 e. The average Bonchev–Trinajstić information content (AvgIpc) is 3.23. The van der Waals surface area contributed by atoms with Crippen molar-refractivity contribution < 1.29 is 17.6 Å². The molecule has 0 aliphatic carbocycles. The summed E-state index contributed by atoms with van der Waals surface area (Å²) in [7, 11) is -3.59. The van der Waals surface area contributed by atoms with E-state index in [2.05, 4.69) is 31.4 Å². The minimum Gasteiger partial charge on any atom is -0.403 e. The molecule has 1 amide bonds. The summed E-state index contributed by atoms with van der Waals surface area (Å²) in [6.45, 7) is 2.44. The molecule has 0 unspecified atom stereocenters. The molecule has 4 rings (SSSR count). The number of rotatable bonds is 5. The van der Waals surface area contributed by atoms with Gasteiger partial charge in [0.15, 0.2) is 0 Å². The van der Waals surface area contributed by atoms with Crippen molar-refractivity contribution in [2.45, 2.75) is 37.1 Å². The van der Waals surface area contributed by atoms with E-state index in [1.54, 1.807) is 0 Å². The molecular weight excluding hydrogens is 484 g/mol. The second kappa shape index (κ2) is 8.89. The maximum Gasteiger partial charge on any atom is 0.322 e. The molecule has 0 spiro atoms. The lowest BCUT2D eigenvalue weighted by molar-refractivity contribution is 0.102. The highest BCUT2D eigenvalue weighted by molar-refractivity contribution is 9.10. The Balaban J connectivity index is 1.46. The number of hydrogen-bond donors (Lipinski definition) is 1. The molecule has 1 N–H and O–H groups in total. The highest BCUT2D eigenvalue weighted by Crippen LogP contribution is 2.26. The molecule has 0 bridgehead atoms. The Kier molecular flexibility index (Phi) is 6.22. The number of amides is 1. The first-order chi connectivity index (χ1) is 14.8. The average molecular weight is 505 g/mol. The Hall–Kier alpha value is -2.56. The molecule has 0 saturated carbocycles. The zero-order valence-electron chi connectivity index (χ0n) is 16.8. The van der Waals surface area contributed by atoms with Crippen molar-refractivity contribution in [3.05, 3.63) is 58.6 Å².